The molecule has 43 heavy (non-hydrogen) atoms. The minimum atomic E-state index is -6.02. The molecule has 1 aromatic heterocycles. The first-order valence-electron chi connectivity index (χ1n) is 13.0. The lowest BCUT2D eigenvalue weighted by Gasteiger charge is -2.33. The second kappa shape index (κ2) is 11.7. The average Bonchev–Trinajstić information content (AvgIpc) is 3.16. The van der Waals surface area contributed by atoms with Crippen molar-refractivity contribution in [3.63, 3.8) is 0 Å². The fourth-order valence-electron chi connectivity index (χ4n) is 4.71. The predicted molar refractivity (Wildman–Crippen MR) is 145 cm³/mol. The fourth-order valence-corrected chi connectivity index (χ4v) is 5.07. The number of aromatic nitrogens is 1. The standard InChI is InChI=1S/C29H27F6N3O4S/c1-4-6-18-14-19(27(41,28(30,31)32)29(33,34)35)9-11-22(18)42-21-8-5-7-17(13-21)16-38-24(39)26(2,37-25(38)40)20-10-12-23(43-3)36-15-20/h5,7-15,41H,4,6,16H2,1-3H3,(H,37,40). The number of halogens is 6. The van der Waals surface area contributed by atoms with Gasteiger partial charge in [0.2, 0.25) is 0 Å². The maximum atomic E-state index is 13.4. The number of pyridine rings is 1. The molecule has 2 aromatic carbocycles. The molecule has 0 bridgehead atoms. The Kier molecular flexibility index (Phi) is 8.76. The van der Waals surface area contributed by atoms with Gasteiger partial charge in [0.05, 0.1) is 11.6 Å². The Labute approximate surface area is 247 Å². The summed E-state index contributed by atoms with van der Waals surface area (Å²) in [4.78, 5) is 31.4. The third-order valence-electron chi connectivity index (χ3n) is 7.08. The van der Waals surface area contributed by atoms with Crippen LogP contribution in [-0.2, 0) is 28.9 Å². The van der Waals surface area contributed by atoms with E-state index in [0.29, 0.717) is 29.7 Å². The number of nitrogens with zero attached hydrogens (tertiary/aromatic N) is 2. The quantitative estimate of drug-likeness (QED) is 0.154. The van der Waals surface area contributed by atoms with E-state index in [1.54, 1.807) is 38.1 Å². The van der Waals surface area contributed by atoms with Crippen molar-refractivity contribution in [1.82, 2.24) is 15.2 Å². The first kappa shape index (κ1) is 32.1. The van der Waals surface area contributed by atoms with Gasteiger partial charge in [0.1, 0.15) is 17.0 Å². The summed E-state index contributed by atoms with van der Waals surface area (Å²) in [5.74, 6) is -0.362. The van der Waals surface area contributed by atoms with Crippen LogP contribution in [0.15, 0.2) is 65.8 Å². The summed E-state index contributed by atoms with van der Waals surface area (Å²) in [6.07, 6.45) is -8.25. The van der Waals surface area contributed by atoms with E-state index in [1.165, 1.54) is 30.1 Å². The van der Waals surface area contributed by atoms with Gasteiger partial charge in [0, 0.05) is 17.3 Å². The number of thioether (sulfide) groups is 1. The minimum Gasteiger partial charge on any atom is -0.457 e. The van der Waals surface area contributed by atoms with E-state index in [4.69, 9.17) is 4.74 Å². The largest absolute Gasteiger partial charge is 0.457 e. The summed E-state index contributed by atoms with van der Waals surface area (Å²) < 4.78 is 86.4. The van der Waals surface area contributed by atoms with Gasteiger partial charge in [-0.25, -0.2) is 9.78 Å². The number of carbonyl (C=O) groups is 2. The van der Waals surface area contributed by atoms with Crippen LogP contribution in [0.3, 0.4) is 0 Å². The van der Waals surface area contributed by atoms with Crippen molar-refractivity contribution >= 4 is 23.7 Å². The summed E-state index contributed by atoms with van der Waals surface area (Å²) >= 11 is 1.42. The van der Waals surface area contributed by atoms with Gasteiger partial charge < -0.3 is 15.2 Å². The maximum absolute atomic E-state index is 13.4. The molecule has 1 unspecified atom stereocenters. The highest BCUT2D eigenvalue weighted by molar-refractivity contribution is 7.98. The normalized spacial score (nSPS) is 17.8. The average molecular weight is 628 g/mol. The molecular weight excluding hydrogens is 600 g/mol. The molecule has 0 spiro atoms. The fraction of sp³-hybridized carbons (Fsp3) is 0.345. The Morgan fingerprint density at radius 1 is 1.02 bits per heavy atom. The van der Waals surface area contributed by atoms with Crippen LogP contribution in [0.2, 0.25) is 0 Å². The highest BCUT2D eigenvalue weighted by Crippen LogP contribution is 2.50. The number of urea groups is 1. The van der Waals surface area contributed by atoms with E-state index in [2.05, 4.69) is 10.3 Å². The lowest BCUT2D eigenvalue weighted by Crippen LogP contribution is -2.53. The number of nitrogens with one attached hydrogen (secondary N) is 1. The molecule has 1 aliphatic heterocycles. The van der Waals surface area contributed by atoms with Crippen molar-refractivity contribution < 1.29 is 45.8 Å². The Morgan fingerprint density at radius 3 is 2.30 bits per heavy atom. The van der Waals surface area contributed by atoms with Crippen LogP contribution in [0.1, 0.15) is 42.5 Å². The number of aryl methyl sites for hydroxylation is 1. The molecular formula is C29H27F6N3O4S. The zero-order valence-electron chi connectivity index (χ0n) is 23.1. The second-order valence-electron chi connectivity index (χ2n) is 10.1. The molecule has 7 nitrogen and oxygen atoms in total. The first-order valence-corrected chi connectivity index (χ1v) is 14.2. The molecule has 1 aliphatic rings. The number of amides is 3. The van der Waals surface area contributed by atoms with Gasteiger partial charge in [-0.05, 0) is 61.1 Å². The van der Waals surface area contributed by atoms with Crippen LogP contribution in [0.25, 0.3) is 0 Å². The number of benzene rings is 2. The van der Waals surface area contributed by atoms with Gasteiger partial charge >= 0.3 is 18.4 Å². The van der Waals surface area contributed by atoms with Crippen molar-refractivity contribution in [2.75, 3.05) is 6.26 Å². The molecule has 1 fully saturated rings. The first-order chi connectivity index (χ1) is 20.0. The molecule has 0 saturated carbocycles. The van der Waals surface area contributed by atoms with E-state index >= 15 is 0 Å². The molecule has 14 heteroatoms. The topological polar surface area (TPSA) is 91.8 Å². The van der Waals surface area contributed by atoms with Gasteiger partial charge in [-0.2, -0.15) is 26.3 Å². The van der Waals surface area contributed by atoms with Crippen LogP contribution in [0.4, 0.5) is 31.1 Å². The number of hydrogen-bond acceptors (Lipinski definition) is 6. The smallest absolute Gasteiger partial charge is 0.430 e. The third-order valence-corrected chi connectivity index (χ3v) is 7.74. The summed E-state index contributed by atoms with van der Waals surface area (Å²) in [6.45, 7) is 3.11. The lowest BCUT2D eigenvalue weighted by molar-refractivity contribution is -0.376. The Hall–Kier alpha value is -3.78. The van der Waals surface area contributed by atoms with Gasteiger partial charge in [0.15, 0.2) is 0 Å². The number of alkyl halides is 6. The van der Waals surface area contributed by atoms with Crippen molar-refractivity contribution in [3.8, 4) is 11.5 Å². The monoisotopic (exact) mass is 627 g/mol. The van der Waals surface area contributed by atoms with Gasteiger partial charge in [-0.1, -0.05) is 37.6 Å². The number of rotatable bonds is 9. The van der Waals surface area contributed by atoms with E-state index in [0.717, 1.165) is 16.0 Å². The molecule has 1 atom stereocenters. The summed E-state index contributed by atoms with van der Waals surface area (Å²) in [6, 6.07) is 11.1. The van der Waals surface area contributed by atoms with Crippen LogP contribution in [-0.4, -0.2) is 45.5 Å². The van der Waals surface area contributed by atoms with Crippen LogP contribution >= 0.6 is 11.8 Å². The van der Waals surface area contributed by atoms with Crippen molar-refractivity contribution in [1.29, 1.82) is 0 Å². The second-order valence-corrected chi connectivity index (χ2v) is 10.9. The molecule has 230 valence electrons. The maximum Gasteiger partial charge on any atom is 0.430 e. The third kappa shape index (κ3) is 6.03. The van der Waals surface area contributed by atoms with Crippen LogP contribution in [0, 0.1) is 0 Å². The molecule has 0 radical (unpaired) electrons. The highest BCUT2D eigenvalue weighted by Gasteiger charge is 2.71. The van der Waals surface area contributed by atoms with Crippen LogP contribution < -0.4 is 10.1 Å². The summed E-state index contributed by atoms with van der Waals surface area (Å²) in [7, 11) is 0. The Morgan fingerprint density at radius 2 is 1.72 bits per heavy atom. The number of imide groups is 1. The summed E-state index contributed by atoms with van der Waals surface area (Å²) in [5, 5.41) is 13.3. The highest BCUT2D eigenvalue weighted by atomic mass is 32.2. The van der Waals surface area contributed by atoms with E-state index in [-0.39, 0.29) is 30.0 Å². The van der Waals surface area contributed by atoms with Crippen molar-refractivity contribution in [2.24, 2.45) is 0 Å². The molecule has 3 amide bonds. The van der Waals surface area contributed by atoms with Crippen molar-refractivity contribution in [3.05, 3.63) is 83.0 Å². The van der Waals surface area contributed by atoms with Gasteiger partial charge in [0.25, 0.3) is 11.5 Å². The van der Waals surface area contributed by atoms with Crippen molar-refractivity contribution in [2.45, 2.75) is 61.8 Å². The number of aliphatic hydroxyl groups is 1. The molecule has 2 N–H and O–H groups in total. The number of carbonyl (C=O) groups excluding carboxylic acids is 2. The van der Waals surface area contributed by atoms with E-state index in [1.807, 2.05) is 6.26 Å². The van der Waals surface area contributed by atoms with Crippen LogP contribution in [0.5, 0.6) is 11.5 Å². The predicted octanol–water partition coefficient (Wildman–Crippen LogP) is 6.83. The Balaban J connectivity index is 1.58. The zero-order chi connectivity index (χ0) is 31.8. The number of hydrogen-bond donors (Lipinski definition) is 2. The molecule has 3 aromatic rings. The van der Waals surface area contributed by atoms with Gasteiger partial charge in [-0.15, -0.1) is 11.8 Å². The summed E-state index contributed by atoms with van der Waals surface area (Å²) in [5.41, 5.74) is -6.80. The SMILES string of the molecule is CCCc1cc(C(O)(C(F)(F)F)C(F)(F)F)ccc1Oc1cccc(CN2C(=O)NC(C)(c3ccc(SC)nc3)C2=O)c1. The molecule has 0 aliphatic carbocycles. The molecule has 1 saturated heterocycles. The molecule has 2 heterocycles. The van der Waals surface area contributed by atoms with Gasteiger partial charge in [-0.3, -0.25) is 9.69 Å². The number of ether oxygens (including phenoxy) is 1. The molecule has 4 rings (SSSR count). The lowest BCUT2D eigenvalue weighted by atomic mass is 9.90. The zero-order valence-corrected chi connectivity index (χ0v) is 24.0. The van der Waals surface area contributed by atoms with E-state index < -0.39 is 41.0 Å². The minimum absolute atomic E-state index is 0.0156. The Bertz CT molecular complexity index is 1500. The van der Waals surface area contributed by atoms with E-state index in [9.17, 15) is 41.0 Å².